The molecule has 1 aromatic rings. The van der Waals surface area contributed by atoms with Crippen molar-refractivity contribution in [2.45, 2.75) is 5.33 Å². The Kier molecular flexibility index (Phi) is 5.21. The van der Waals surface area contributed by atoms with Crippen molar-refractivity contribution < 1.29 is 14.4 Å². The van der Waals surface area contributed by atoms with Gasteiger partial charge < -0.3 is 9.47 Å². The number of halogens is 1. The molecule has 0 aliphatic carbocycles. The number of nitro benzene ring substituents is 1. The average Bonchev–Trinajstić information content (AvgIpc) is 2.29. The Bertz CT molecular complexity index is 370. The summed E-state index contributed by atoms with van der Waals surface area (Å²) in [5.41, 5.74) is 0.902. The summed E-state index contributed by atoms with van der Waals surface area (Å²) in [4.78, 5) is 10.3. The van der Waals surface area contributed by atoms with E-state index in [1.807, 2.05) is 0 Å². The monoisotopic (exact) mass is 289 g/mol. The summed E-state index contributed by atoms with van der Waals surface area (Å²) in [5, 5.41) is 11.4. The third-order valence-electron chi connectivity index (χ3n) is 1.92. The SMILES string of the molecule is COCCOc1cc(CBr)ccc1[N+](=O)[O-]. The second kappa shape index (κ2) is 6.44. The molecule has 0 saturated carbocycles. The van der Waals surface area contributed by atoms with Crippen molar-refractivity contribution in [1.82, 2.24) is 0 Å². The number of rotatable bonds is 6. The molecule has 0 aliphatic heterocycles. The Labute approximate surface area is 102 Å². The Hall–Kier alpha value is -1.14. The van der Waals surface area contributed by atoms with Crippen molar-refractivity contribution in [2.75, 3.05) is 20.3 Å². The number of ether oxygens (including phenoxy) is 2. The summed E-state index contributed by atoms with van der Waals surface area (Å²) in [5.74, 6) is 0.277. The average molecular weight is 290 g/mol. The molecule has 0 spiro atoms. The first-order valence-corrected chi connectivity index (χ1v) is 5.76. The fourth-order valence-electron chi connectivity index (χ4n) is 1.14. The standard InChI is InChI=1S/C10H12BrNO4/c1-15-4-5-16-10-6-8(7-11)2-3-9(10)12(13)14/h2-3,6H,4-5,7H2,1H3. The van der Waals surface area contributed by atoms with Crippen molar-refractivity contribution in [1.29, 1.82) is 0 Å². The predicted molar refractivity (Wildman–Crippen MR) is 63.1 cm³/mol. The zero-order valence-corrected chi connectivity index (χ0v) is 10.4. The Balaban J connectivity index is 2.87. The highest BCUT2D eigenvalue weighted by Crippen LogP contribution is 2.28. The van der Waals surface area contributed by atoms with Gasteiger partial charge in [0.25, 0.3) is 0 Å². The van der Waals surface area contributed by atoms with Crippen LogP contribution in [0.15, 0.2) is 18.2 Å². The van der Waals surface area contributed by atoms with E-state index >= 15 is 0 Å². The highest BCUT2D eigenvalue weighted by molar-refractivity contribution is 9.08. The Morgan fingerprint density at radius 3 is 2.75 bits per heavy atom. The number of nitrogens with zero attached hydrogens (tertiary/aromatic N) is 1. The van der Waals surface area contributed by atoms with Gasteiger partial charge in [0.2, 0.25) is 0 Å². The van der Waals surface area contributed by atoms with Gasteiger partial charge in [0.15, 0.2) is 5.75 Å². The van der Waals surface area contributed by atoms with Gasteiger partial charge in [-0.1, -0.05) is 22.0 Å². The lowest BCUT2D eigenvalue weighted by atomic mass is 10.2. The molecule has 6 heteroatoms. The van der Waals surface area contributed by atoms with E-state index < -0.39 is 4.92 Å². The van der Waals surface area contributed by atoms with Gasteiger partial charge in [0.05, 0.1) is 11.5 Å². The van der Waals surface area contributed by atoms with Crippen LogP contribution in [0, 0.1) is 10.1 Å². The quantitative estimate of drug-likeness (QED) is 0.349. The van der Waals surface area contributed by atoms with E-state index in [2.05, 4.69) is 15.9 Å². The van der Waals surface area contributed by atoms with E-state index in [0.717, 1.165) is 5.56 Å². The van der Waals surface area contributed by atoms with Crippen LogP contribution in [0.2, 0.25) is 0 Å². The number of benzene rings is 1. The lowest BCUT2D eigenvalue weighted by molar-refractivity contribution is -0.385. The smallest absolute Gasteiger partial charge is 0.310 e. The minimum absolute atomic E-state index is 0.0270. The summed E-state index contributed by atoms with van der Waals surface area (Å²) < 4.78 is 10.1. The lowest BCUT2D eigenvalue weighted by Crippen LogP contribution is -2.06. The van der Waals surface area contributed by atoms with Gasteiger partial charge in [-0.05, 0) is 11.6 Å². The highest BCUT2D eigenvalue weighted by Gasteiger charge is 2.15. The van der Waals surface area contributed by atoms with Gasteiger partial charge in [-0.15, -0.1) is 0 Å². The van der Waals surface area contributed by atoms with Gasteiger partial charge in [0, 0.05) is 18.5 Å². The number of alkyl halides is 1. The number of hydrogen-bond acceptors (Lipinski definition) is 4. The molecule has 0 bridgehead atoms. The fraction of sp³-hybridized carbons (Fsp3) is 0.400. The maximum absolute atomic E-state index is 10.7. The highest BCUT2D eigenvalue weighted by atomic mass is 79.9. The largest absolute Gasteiger partial charge is 0.484 e. The molecule has 1 aromatic carbocycles. The van der Waals surface area contributed by atoms with Gasteiger partial charge in [0.1, 0.15) is 6.61 Å². The molecular weight excluding hydrogens is 278 g/mol. The molecule has 1 rings (SSSR count). The molecule has 0 amide bonds. The fourth-order valence-corrected chi connectivity index (χ4v) is 1.49. The minimum Gasteiger partial charge on any atom is -0.484 e. The maximum atomic E-state index is 10.7. The first-order chi connectivity index (χ1) is 7.69. The minimum atomic E-state index is -0.458. The first-order valence-electron chi connectivity index (χ1n) is 4.64. The van der Waals surface area contributed by atoms with Crippen LogP contribution in [0.25, 0.3) is 0 Å². The summed E-state index contributed by atoms with van der Waals surface area (Å²) in [7, 11) is 1.55. The predicted octanol–water partition coefficient (Wildman–Crippen LogP) is 2.51. The van der Waals surface area contributed by atoms with Crippen LogP contribution in [0.4, 0.5) is 5.69 Å². The van der Waals surface area contributed by atoms with E-state index in [4.69, 9.17) is 9.47 Å². The molecule has 0 unspecified atom stereocenters. The Morgan fingerprint density at radius 2 is 2.19 bits per heavy atom. The summed E-state index contributed by atoms with van der Waals surface area (Å²) in [6.07, 6.45) is 0. The second-order valence-electron chi connectivity index (χ2n) is 3.03. The normalized spacial score (nSPS) is 10.1. The van der Waals surface area contributed by atoms with E-state index in [1.165, 1.54) is 6.07 Å². The van der Waals surface area contributed by atoms with Crippen LogP contribution in [0.5, 0.6) is 5.75 Å². The zero-order valence-electron chi connectivity index (χ0n) is 8.81. The number of nitro groups is 1. The van der Waals surface area contributed by atoms with Gasteiger partial charge in [-0.25, -0.2) is 0 Å². The molecule has 0 N–H and O–H groups in total. The molecule has 0 aliphatic rings. The summed E-state index contributed by atoms with van der Waals surface area (Å²) in [6, 6.07) is 4.79. The summed E-state index contributed by atoms with van der Waals surface area (Å²) in [6.45, 7) is 0.693. The van der Waals surface area contributed by atoms with Crippen LogP contribution in [-0.4, -0.2) is 25.2 Å². The van der Waals surface area contributed by atoms with Gasteiger partial charge in [-0.2, -0.15) is 0 Å². The van der Waals surface area contributed by atoms with Crippen molar-refractivity contribution in [3.8, 4) is 5.75 Å². The molecule has 0 saturated heterocycles. The van der Waals surface area contributed by atoms with Crippen LogP contribution in [0.1, 0.15) is 5.56 Å². The Morgan fingerprint density at radius 1 is 1.44 bits per heavy atom. The molecule has 0 atom stereocenters. The van der Waals surface area contributed by atoms with E-state index in [-0.39, 0.29) is 11.4 Å². The molecule has 0 heterocycles. The second-order valence-corrected chi connectivity index (χ2v) is 3.59. The van der Waals surface area contributed by atoms with Crippen LogP contribution < -0.4 is 4.74 Å². The van der Waals surface area contributed by atoms with Crippen molar-refractivity contribution in [3.05, 3.63) is 33.9 Å². The molecule has 5 nitrogen and oxygen atoms in total. The molecule has 88 valence electrons. The van der Waals surface area contributed by atoms with Crippen LogP contribution >= 0.6 is 15.9 Å². The molecule has 16 heavy (non-hydrogen) atoms. The molecular formula is C10H12BrNO4. The number of hydrogen-bond donors (Lipinski definition) is 0. The van der Waals surface area contributed by atoms with Crippen molar-refractivity contribution in [3.63, 3.8) is 0 Å². The van der Waals surface area contributed by atoms with Gasteiger partial charge >= 0.3 is 5.69 Å². The number of methoxy groups -OCH3 is 1. The van der Waals surface area contributed by atoms with E-state index in [9.17, 15) is 10.1 Å². The molecule has 0 fully saturated rings. The van der Waals surface area contributed by atoms with Crippen LogP contribution in [-0.2, 0) is 10.1 Å². The topological polar surface area (TPSA) is 61.6 Å². The molecule has 0 radical (unpaired) electrons. The third-order valence-corrected chi connectivity index (χ3v) is 2.57. The first kappa shape index (κ1) is 12.9. The van der Waals surface area contributed by atoms with E-state index in [0.29, 0.717) is 18.5 Å². The third kappa shape index (κ3) is 3.46. The zero-order chi connectivity index (χ0) is 12.0. The van der Waals surface area contributed by atoms with Crippen molar-refractivity contribution >= 4 is 21.6 Å². The maximum Gasteiger partial charge on any atom is 0.310 e. The lowest BCUT2D eigenvalue weighted by Gasteiger charge is -2.07. The van der Waals surface area contributed by atoms with E-state index in [1.54, 1.807) is 19.2 Å². The molecule has 0 aromatic heterocycles. The summed E-state index contributed by atoms with van der Waals surface area (Å²) >= 11 is 3.28. The van der Waals surface area contributed by atoms with Crippen molar-refractivity contribution in [2.24, 2.45) is 0 Å². The van der Waals surface area contributed by atoms with Gasteiger partial charge in [-0.3, -0.25) is 10.1 Å². The van der Waals surface area contributed by atoms with Crippen LogP contribution in [0.3, 0.4) is 0 Å².